The monoisotopic (exact) mass is 360 g/mol. The third-order valence-electron chi connectivity index (χ3n) is 5.77. The van der Waals surface area contributed by atoms with Crippen molar-refractivity contribution in [3.8, 4) is 11.5 Å². The van der Waals surface area contributed by atoms with Crippen molar-refractivity contribution in [2.24, 2.45) is 0 Å². The second kappa shape index (κ2) is 9.26. The summed E-state index contributed by atoms with van der Waals surface area (Å²) in [6, 6.07) is 6.26. The Morgan fingerprint density at radius 3 is 2.42 bits per heavy atom. The molecule has 2 aliphatic rings. The van der Waals surface area contributed by atoms with Gasteiger partial charge in [0, 0.05) is 24.2 Å². The molecule has 1 aromatic rings. The number of likely N-dealkylation sites (tertiary alicyclic amines) is 1. The van der Waals surface area contributed by atoms with Gasteiger partial charge in [-0.05, 0) is 50.4 Å². The Balaban J connectivity index is 1.60. The molecule has 5 heteroatoms. The van der Waals surface area contributed by atoms with Crippen LogP contribution in [0, 0.1) is 0 Å². The van der Waals surface area contributed by atoms with Gasteiger partial charge in [-0.2, -0.15) is 0 Å². The molecule has 0 aromatic heterocycles. The number of hydrogen-bond acceptors (Lipinski definition) is 4. The van der Waals surface area contributed by atoms with Crippen molar-refractivity contribution in [2.45, 2.75) is 63.5 Å². The van der Waals surface area contributed by atoms with E-state index in [1.807, 2.05) is 0 Å². The lowest BCUT2D eigenvalue weighted by Crippen LogP contribution is -2.50. The number of methoxy groups -OCH3 is 2. The van der Waals surface area contributed by atoms with Crippen LogP contribution in [0.3, 0.4) is 0 Å². The molecule has 1 aliphatic carbocycles. The third kappa shape index (κ3) is 4.70. The first-order valence-electron chi connectivity index (χ1n) is 9.98. The molecule has 0 radical (unpaired) electrons. The molecule has 3 rings (SSSR count). The highest BCUT2D eigenvalue weighted by molar-refractivity contribution is 5.95. The summed E-state index contributed by atoms with van der Waals surface area (Å²) in [5, 5.41) is 3.23. The number of piperidine rings is 1. The van der Waals surface area contributed by atoms with E-state index in [1.165, 1.54) is 45.1 Å². The lowest BCUT2D eigenvalue weighted by Gasteiger charge is -2.38. The molecule has 5 nitrogen and oxygen atoms in total. The molecule has 1 N–H and O–H groups in total. The van der Waals surface area contributed by atoms with E-state index in [4.69, 9.17) is 9.47 Å². The predicted octanol–water partition coefficient (Wildman–Crippen LogP) is 3.62. The summed E-state index contributed by atoms with van der Waals surface area (Å²) < 4.78 is 10.6. The molecule has 1 saturated heterocycles. The summed E-state index contributed by atoms with van der Waals surface area (Å²) >= 11 is 0. The summed E-state index contributed by atoms with van der Waals surface area (Å²) in [5.41, 5.74) is 0.620. The van der Waals surface area contributed by atoms with Gasteiger partial charge < -0.3 is 14.8 Å². The van der Waals surface area contributed by atoms with E-state index in [0.717, 1.165) is 19.4 Å². The van der Waals surface area contributed by atoms with E-state index in [1.54, 1.807) is 32.4 Å². The van der Waals surface area contributed by atoms with Crippen molar-refractivity contribution in [3.63, 3.8) is 0 Å². The number of nitrogens with one attached hydrogen (secondary N) is 1. The Kier molecular flexibility index (Phi) is 6.78. The van der Waals surface area contributed by atoms with Crippen LogP contribution in [0.2, 0.25) is 0 Å². The Morgan fingerprint density at radius 1 is 1.00 bits per heavy atom. The standard InChI is InChI=1S/C21H32N2O3/c1-25-19-12-11-16(14-20(19)26-2)21(24)22-17-8-7-13-23(15-17)18-9-5-3-4-6-10-18/h11-12,14,17-18H,3-10,13,15H2,1-2H3,(H,22,24). The molecule has 1 heterocycles. The highest BCUT2D eigenvalue weighted by Crippen LogP contribution is 2.28. The number of amides is 1. The normalized spacial score (nSPS) is 22.5. The van der Waals surface area contributed by atoms with Gasteiger partial charge in [-0.3, -0.25) is 9.69 Å². The van der Waals surface area contributed by atoms with Crippen LogP contribution in [-0.4, -0.2) is 50.2 Å². The average Bonchev–Trinajstić information content (AvgIpc) is 2.97. The molecule has 0 bridgehead atoms. The van der Waals surface area contributed by atoms with E-state index >= 15 is 0 Å². The van der Waals surface area contributed by atoms with Gasteiger partial charge in [0.05, 0.1) is 14.2 Å². The summed E-state index contributed by atoms with van der Waals surface area (Å²) in [5.74, 6) is 1.20. The zero-order chi connectivity index (χ0) is 18.4. The van der Waals surface area contributed by atoms with Crippen LogP contribution in [0.5, 0.6) is 11.5 Å². The largest absolute Gasteiger partial charge is 0.493 e. The second-order valence-corrected chi connectivity index (χ2v) is 7.52. The van der Waals surface area contributed by atoms with E-state index in [9.17, 15) is 4.79 Å². The van der Waals surface area contributed by atoms with Crippen molar-refractivity contribution < 1.29 is 14.3 Å². The SMILES string of the molecule is COc1ccc(C(=O)NC2CCCN(C3CCCCCC3)C2)cc1OC. The minimum Gasteiger partial charge on any atom is -0.493 e. The summed E-state index contributed by atoms with van der Waals surface area (Å²) in [6.07, 6.45) is 10.3. The molecule has 1 unspecified atom stereocenters. The first-order chi connectivity index (χ1) is 12.7. The van der Waals surface area contributed by atoms with Gasteiger partial charge in [0.2, 0.25) is 0 Å². The minimum absolute atomic E-state index is 0.0290. The van der Waals surface area contributed by atoms with E-state index < -0.39 is 0 Å². The summed E-state index contributed by atoms with van der Waals surface area (Å²) in [7, 11) is 3.19. The van der Waals surface area contributed by atoms with Crippen LogP contribution >= 0.6 is 0 Å². The van der Waals surface area contributed by atoms with Crippen molar-refractivity contribution in [1.82, 2.24) is 10.2 Å². The number of hydrogen-bond donors (Lipinski definition) is 1. The number of carbonyl (C=O) groups is 1. The Bertz CT molecular complexity index is 597. The highest BCUT2D eigenvalue weighted by atomic mass is 16.5. The molecular weight excluding hydrogens is 328 g/mol. The second-order valence-electron chi connectivity index (χ2n) is 7.52. The lowest BCUT2D eigenvalue weighted by atomic mass is 9.99. The van der Waals surface area contributed by atoms with E-state index in [0.29, 0.717) is 23.1 Å². The molecule has 1 atom stereocenters. The fourth-order valence-corrected chi connectivity index (χ4v) is 4.33. The smallest absolute Gasteiger partial charge is 0.251 e. The van der Waals surface area contributed by atoms with Crippen LogP contribution in [0.15, 0.2) is 18.2 Å². The van der Waals surface area contributed by atoms with E-state index in [2.05, 4.69) is 10.2 Å². The maximum atomic E-state index is 12.7. The van der Waals surface area contributed by atoms with Crippen molar-refractivity contribution >= 4 is 5.91 Å². The average molecular weight is 360 g/mol. The Labute approximate surface area is 157 Å². The molecule has 144 valence electrons. The highest BCUT2D eigenvalue weighted by Gasteiger charge is 2.27. The summed E-state index contributed by atoms with van der Waals surface area (Å²) in [6.45, 7) is 2.15. The van der Waals surface area contributed by atoms with Gasteiger partial charge in [-0.15, -0.1) is 0 Å². The quantitative estimate of drug-likeness (QED) is 0.815. The lowest BCUT2D eigenvalue weighted by molar-refractivity contribution is 0.0860. The van der Waals surface area contributed by atoms with E-state index in [-0.39, 0.29) is 11.9 Å². The topological polar surface area (TPSA) is 50.8 Å². The molecule has 1 aliphatic heterocycles. The summed E-state index contributed by atoms with van der Waals surface area (Å²) in [4.78, 5) is 15.3. The van der Waals surface area contributed by atoms with Gasteiger partial charge in [0.1, 0.15) is 0 Å². The molecule has 1 saturated carbocycles. The number of ether oxygens (including phenoxy) is 2. The first kappa shape index (κ1) is 19.0. The molecule has 26 heavy (non-hydrogen) atoms. The van der Waals surface area contributed by atoms with Gasteiger partial charge in [0.15, 0.2) is 11.5 Å². The number of carbonyl (C=O) groups excluding carboxylic acids is 1. The zero-order valence-electron chi connectivity index (χ0n) is 16.1. The predicted molar refractivity (Wildman–Crippen MR) is 103 cm³/mol. The number of rotatable bonds is 5. The van der Waals surface area contributed by atoms with Gasteiger partial charge in [-0.25, -0.2) is 0 Å². The minimum atomic E-state index is -0.0290. The van der Waals surface area contributed by atoms with Gasteiger partial charge in [0.25, 0.3) is 5.91 Å². The molecule has 2 fully saturated rings. The van der Waals surface area contributed by atoms with Crippen LogP contribution in [0.4, 0.5) is 0 Å². The van der Waals surface area contributed by atoms with Crippen LogP contribution in [0.25, 0.3) is 0 Å². The van der Waals surface area contributed by atoms with Crippen molar-refractivity contribution in [2.75, 3.05) is 27.3 Å². The van der Waals surface area contributed by atoms with Crippen molar-refractivity contribution in [3.05, 3.63) is 23.8 Å². The third-order valence-corrected chi connectivity index (χ3v) is 5.77. The van der Waals surface area contributed by atoms with Gasteiger partial charge >= 0.3 is 0 Å². The van der Waals surface area contributed by atoms with Crippen molar-refractivity contribution in [1.29, 1.82) is 0 Å². The fraction of sp³-hybridized carbons (Fsp3) is 0.667. The molecule has 1 aromatic carbocycles. The fourth-order valence-electron chi connectivity index (χ4n) is 4.33. The Hall–Kier alpha value is -1.75. The molecular formula is C21H32N2O3. The first-order valence-corrected chi connectivity index (χ1v) is 9.98. The van der Waals surface area contributed by atoms with Crippen LogP contribution in [-0.2, 0) is 0 Å². The molecule has 0 spiro atoms. The van der Waals surface area contributed by atoms with Gasteiger partial charge in [-0.1, -0.05) is 25.7 Å². The van der Waals surface area contributed by atoms with Crippen LogP contribution < -0.4 is 14.8 Å². The van der Waals surface area contributed by atoms with Crippen LogP contribution in [0.1, 0.15) is 61.7 Å². The number of benzene rings is 1. The maximum Gasteiger partial charge on any atom is 0.251 e. The number of nitrogens with zero attached hydrogens (tertiary/aromatic N) is 1. The Morgan fingerprint density at radius 2 is 1.73 bits per heavy atom. The molecule has 1 amide bonds. The zero-order valence-corrected chi connectivity index (χ0v) is 16.1. The maximum absolute atomic E-state index is 12.7.